The number of β-amino-alcohol motifs (C(OH)–C–C–N with tert-alkyl or cyclic N) is 1. The largest absolute Gasteiger partial charge is 0.497 e. The molecule has 1 aromatic rings. The van der Waals surface area contributed by atoms with Gasteiger partial charge in [-0.2, -0.15) is 0 Å². The molecule has 0 aromatic heterocycles. The van der Waals surface area contributed by atoms with Gasteiger partial charge in [-0.05, 0) is 43.5 Å². The summed E-state index contributed by atoms with van der Waals surface area (Å²) < 4.78 is 5.13. The molecular weight excluding hydrogens is 254 g/mol. The fraction of sp³-hybridized carbons (Fsp3) is 0.625. The third kappa shape index (κ3) is 3.95. The van der Waals surface area contributed by atoms with E-state index < -0.39 is 6.10 Å². The standard InChI is InChI=1S/C16H25NO3/c1-20-15-7-5-13(6-8-15)16(19)12-17-10-3-2-4-14(17)9-11-18/h5-8,14,16,18-19H,2-4,9-12H2,1H3. The number of benzene rings is 1. The molecule has 1 aliphatic rings. The predicted octanol–water partition coefficient (Wildman–Crippen LogP) is 1.97. The van der Waals surface area contributed by atoms with Crippen molar-refractivity contribution in [3.05, 3.63) is 29.8 Å². The first-order chi connectivity index (χ1) is 9.74. The Morgan fingerprint density at radius 2 is 2.05 bits per heavy atom. The molecule has 1 aromatic carbocycles. The summed E-state index contributed by atoms with van der Waals surface area (Å²) in [6.07, 6.45) is 3.84. The van der Waals surface area contributed by atoms with Crippen LogP contribution in [0.2, 0.25) is 0 Å². The summed E-state index contributed by atoms with van der Waals surface area (Å²) in [5.74, 6) is 0.803. The summed E-state index contributed by atoms with van der Waals surface area (Å²) in [6, 6.07) is 7.98. The monoisotopic (exact) mass is 279 g/mol. The maximum absolute atomic E-state index is 10.4. The van der Waals surface area contributed by atoms with Crippen molar-refractivity contribution in [2.45, 2.75) is 37.8 Å². The van der Waals surface area contributed by atoms with Crippen molar-refractivity contribution in [2.24, 2.45) is 0 Å². The van der Waals surface area contributed by atoms with Crippen LogP contribution in [0, 0.1) is 0 Å². The van der Waals surface area contributed by atoms with Crippen LogP contribution in [-0.4, -0.2) is 48.0 Å². The molecule has 4 nitrogen and oxygen atoms in total. The number of methoxy groups -OCH3 is 1. The van der Waals surface area contributed by atoms with E-state index in [9.17, 15) is 5.11 Å². The molecular formula is C16H25NO3. The number of hydrogen-bond acceptors (Lipinski definition) is 4. The number of aliphatic hydroxyl groups excluding tert-OH is 2. The zero-order chi connectivity index (χ0) is 14.4. The molecule has 0 amide bonds. The molecule has 0 aliphatic carbocycles. The Hall–Kier alpha value is -1.10. The van der Waals surface area contributed by atoms with Gasteiger partial charge in [-0.1, -0.05) is 18.6 Å². The molecule has 2 rings (SSSR count). The Labute approximate surface area is 121 Å². The predicted molar refractivity (Wildman–Crippen MR) is 78.9 cm³/mol. The second kappa shape index (κ2) is 7.62. The van der Waals surface area contributed by atoms with Gasteiger partial charge in [0.25, 0.3) is 0 Å². The normalized spacial score (nSPS) is 21.6. The van der Waals surface area contributed by atoms with E-state index in [0.717, 1.165) is 30.7 Å². The zero-order valence-corrected chi connectivity index (χ0v) is 12.2. The number of piperidine rings is 1. The maximum Gasteiger partial charge on any atom is 0.118 e. The first-order valence-electron chi connectivity index (χ1n) is 7.41. The lowest BCUT2D eigenvalue weighted by Gasteiger charge is -2.36. The van der Waals surface area contributed by atoms with Crippen LogP contribution in [0.5, 0.6) is 5.75 Å². The van der Waals surface area contributed by atoms with Crippen LogP contribution < -0.4 is 4.74 Å². The van der Waals surface area contributed by atoms with E-state index in [4.69, 9.17) is 9.84 Å². The second-order valence-corrected chi connectivity index (χ2v) is 5.45. The number of nitrogens with zero attached hydrogens (tertiary/aromatic N) is 1. The lowest BCUT2D eigenvalue weighted by Crippen LogP contribution is -2.42. The van der Waals surface area contributed by atoms with Crippen molar-refractivity contribution in [3.8, 4) is 5.75 Å². The number of hydrogen-bond donors (Lipinski definition) is 2. The van der Waals surface area contributed by atoms with Crippen LogP contribution in [0.1, 0.15) is 37.4 Å². The Morgan fingerprint density at radius 3 is 2.70 bits per heavy atom. The SMILES string of the molecule is COc1ccc(C(O)CN2CCCCC2CCO)cc1. The summed E-state index contributed by atoms with van der Waals surface area (Å²) in [4.78, 5) is 2.31. The second-order valence-electron chi connectivity index (χ2n) is 5.45. The van der Waals surface area contributed by atoms with Crippen molar-refractivity contribution in [1.29, 1.82) is 0 Å². The zero-order valence-electron chi connectivity index (χ0n) is 12.2. The molecule has 0 bridgehead atoms. The van der Waals surface area contributed by atoms with Crippen LogP contribution in [0.4, 0.5) is 0 Å². The first kappa shape index (κ1) is 15.3. The highest BCUT2D eigenvalue weighted by atomic mass is 16.5. The number of likely N-dealkylation sites (tertiary alicyclic amines) is 1. The molecule has 112 valence electrons. The van der Waals surface area contributed by atoms with Gasteiger partial charge in [0.05, 0.1) is 13.2 Å². The lowest BCUT2D eigenvalue weighted by molar-refractivity contribution is 0.0565. The molecule has 2 unspecified atom stereocenters. The summed E-state index contributed by atoms with van der Waals surface area (Å²) in [5.41, 5.74) is 0.916. The fourth-order valence-corrected chi connectivity index (χ4v) is 2.93. The van der Waals surface area contributed by atoms with Gasteiger partial charge >= 0.3 is 0 Å². The molecule has 2 N–H and O–H groups in total. The third-order valence-corrected chi connectivity index (χ3v) is 4.12. The molecule has 1 heterocycles. The highest BCUT2D eigenvalue weighted by molar-refractivity contribution is 5.28. The van der Waals surface area contributed by atoms with E-state index in [1.165, 1.54) is 12.8 Å². The molecule has 4 heteroatoms. The lowest BCUT2D eigenvalue weighted by atomic mass is 9.98. The van der Waals surface area contributed by atoms with Gasteiger partial charge in [-0.3, -0.25) is 4.90 Å². The van der Waals surface area contributed by atoms with E-state index in [1.807, 2.05) is 24.3 Å². The molecule has 1 saturated heterocycles. The van der Waals surface area contributed by atoms with E-state index >= 15 is 0 Å². The van der Waals surface area contributed by atoms with Crippen molar-refractivity contribution in [2.75, 3.05) is 26.8 Å². The van der Waals surface area contributed by atoms with Crippen molar-refractivity contribution in [1.82, 2.24) is 4.90 Å². The fourth-order valence-electron chi connectivity index (χ4n) is 2.93. The van der Waals surface area contributed by atoms with Crippen molar-refractivity contribution in [3.63, 3.8) is 0 Å². The molecule has 2 atom stereocenters. The Kier molecular flexibility index (Phi) is 5.83. The van der Waals surface area contributed by atoms with Crippen LogP contribution in [0.25, 0.3) is 0 Å². The number of rotatable bonds is 6. The highest BCUT2D eigenvalue weighted by Gasteiger charge is 2.24. The van der Waals surface area contributed by atoms with Gasteiger partial charge in [0.1, 0.15) is 5.75 Å². The average Bonchev–Trinajstić information content (AvgIpc) is 2.49. The minimum absolute atomic E-state index is 0.222. The van der Waals surface area contributed by atoms with E-state index in [1.54, 1.807) is 7.11 Å². The molecule has 20 heavy (non-hydrogen) atoms. The average molecular weight is 279 g/mol. The topological polar surface area (TPSA) is 52.9 Å². The third-order valence-electron chi connectivity index (χ3n) is 4.12. The van der Waals surface area contributed by atoms with Crippen molar-refractivity contribution >= 4 is 0 Å². The smallest absolute Gasteiger partial charge is 0.118 e. The van der Waals surface area contributed by atoms with Crippen LogP contribution in [-0.2, 0) is 0 Å². The summed E-state index contributed by atoms with van der Waals surface area (Å²) >= 11 is 0. The first-order valence-corrected chi connectivity index (χ1v) is 7.41. The Bertz CT molecular complexity index is 391. The summed E-state index contributed by atoms with van der Waals surface area (Å²) in [6.45, 7) is 1.87. The van der Waals surface area contributed by atoms with E-state index in [2.05, 4.69) is 4.90 Å². The summed E-state index contributed by atoms with van der Waals surface area (Å²) in [7, 11) is 1.64. The maximum atomic E-state index is 10.4. The van der Waals surface area contributed by atoms with Crippen molar-refractivity contribution < 1.29 is 14.9 Å². The van der Waals surface area contributed by atoms with Gasteiger partial charge in [-0.15, -0.1) is 0 Å². The van der Waals surface area contributed by atoms with Gasteiger partial charge < -0.3 is 14.9 Å². The molecule has 0 radical (unpaired) electrons. The van der Waals surface area contributed by atoms with Crippen LogP contribution >= 0.6 is 0 Å². The van der Waals surface area contributed by atoms with E-state index in [0.29, 0.717) is 12.6 Å². The minimum atomic E-state index is -0.486. The minimum Gasteiger partial charge on any atom is -0.497 e. The van der Waals surface area contributed by atoms with Gasteiger partial charge in [0.15, 0.2) is 0 Å². The Morgan fingerprint density at radius 1 is 1.30 bits per heavy atom. The molecule has 1 aliphatic heterocycles. The van der Waals surface area contributed by atoms with Gasteiger partial charge in [0, 0.05) is 19.2 Å². The van der Waals surface area contributed by atoms with Crippen LogP contribution in [0.15, 0.2) is 24.3 Å². The highest BCUT2D eigenvalue weighted by Crippen LogP contribution is 2.24. The molecule has 0 spiro atoms. The number of aliphatic hydroxyl groups is 2. The van der Waals surface area contributed by atoms with E-state index in [-0.39, 0.29) is 6.61 Å². The van der Waals surface area contributed by atoms with Crippen LogP contribution in [0.3, 0.4) is 0 Å². The number of ether oxygens (including phenoxy) is 1. The molecule has 0 saturated carbocycles. The quantitative estimate of drug-likeness (QED) is 0.836. The Balaban J connectivity index is 1.95. The summed E-state index contributed by atoms with van der Waals surface area (Å²) in [5, 5.41) is 19.5. The van der Waals surface area contributed by atoms with Gasteiger partial charge in [-0.25, -0.2) is 0 Å². The van der Waals surface area contributed by atoms with Gasteiger partial charge in [0.2, 0.25) is 0 Å². The molecule has 1 fully saturated rings.